The molecule has 0 radical (unpaired) electrons. The molecule has 2 aromatic heterocycles. The van der Waals surface area contributed by atoms with Crippen LogP contribution >= 0.6 is 0 Å². The van der Waals surface area contributed by atoms with Crippen LogP contribution in [0.1, 0.15) is 102 Å². The Labute approximate surface area is 168 Å². The van der Waals surface area contributed by atoms with Crippen LogP contribution in [0.4, 0.5) is 0 Å². The lowest BCUT2D eigenvalue weighted by molar-refractivity contribution is 0.420. The summed E-state index contributed by atoms with van der Waals surface area (Å²) < 4.78 is 1.73. The maximum Gasteiger partial charge on any atom is 0.261 e. The van der Waals surface area contributed by atoms with Crippen molar-refractivity contribution in [3.63, 3.8) is 0 Å². The van der Waals surface area contributed by atoms with Gasteiger partial charge in [-0.25, -0.2) is 4.98 Å². The molecule has 2 heterocycles. The molecule has 150 valence electrons. The fraction of sp³-hybridized carbons (Fsp3) is 0.542. The van der Waals surface area contributed by atoms with Crippen molar-refractivity contribution in [3.05, 3.63) is 51.1 Å². The van der Waals surface area contributed by atoms with Gasteiger partial charge in [0.25, 0.3) is 5.56 Å². The monoisotopic (exact) mass is 379 g/mol. The van der Waals surface area contributed by atoms with Gasteiger partial charge in [0.2, 0.25) is 0 Å². The molecule has 4 nitrogen and oxygen atoms in total. The van der Waals surface area contributed by atoms with Crippen LogP contribution in [0.5, 0.6) is 0 Å². The van der Waals surface area contributed by atoms with Gasteiger partial charge in [-0.15, -0.1) is 0 Å². The molecule has 4 heteroatoms. The summed E-state index contributed by atoms with van der Waals surface area (Å²) in [5.74, 6) is 0.579. The quantitative estimate of drug-likeness (QED) is 0.592. The molecule has 0 aliphatic heterocycles. The maximum atomic E-state index is 13.0. The first-order valence-corrected chi connectivity index (χ1v) is 10.7. The average molecular weight is 380 g/mol. The molecule has 1 aliphatic carbocycles. The number of aromatic nitrogens is 2. The van der Waals surface area contributed by atoms with Crippen LogP contribution < -0.4 is 5.56 Å². The molecule has 0 saturated heterocycles. The highest BCUT2D eigenvalue weighted by Gasteiger charge is 2.28. The van der Waals surface area contributed by atoms with Gasteiger partial charge in [0.05, 0.1) is 0 Å². The third-order valence-electron chi connectivity index (χ3n) is 6.05. The van der Waals surface area contributed by atoms with E-state index in [1.165, 1.54) is 17.6 Å². The molecule has 1 N–H and O–H groups in total. The molecule has 1 saturated carbocycles. The van der Waals surface area contributed by atoms with Gasteiger partial charge in [-0.3, -0.25) is 9.20 Å². The molecule has 0 unspecified atom stereocenters. The van der Waals surface area contributed by atoms with E-state index in [9.17, 15) is 4.79 Å². The minimum Gasteiger partial charge on any atom is -0.305 e. The highest BCUT2D eigenvalue weighted by Crippen LogP contribution is 2.42. The van der Waals surface area contributed by atoms with E-state index in [0.717, 1.165) is 54.5 Å². The number of pyridine rings is 1. The van der Waals surface area contributed by atoms with Crippen LogP contribution in [0, 0.1) is 5.41 Å². The van der Waals surface area contributed by atoms with E-state index in [-0.39, 0.29) is 11.5 Å². The first-order chi connectivity index (χ1) is 13.4. The Kier molecular flexibility index (Phi) is 6.17. The molecule has 0 amide bonds. The third kappa shape index (κ3) is 3.69. The summed E-state index contributed by atoms with van der Waals surface area (Å²) >= 11 is 0. The molecule has 28 heavy (non-hydrogen) atoms. The number of allylic oxidation sites excluding steroid dienone is 2. The van der Waals surface area contributed by atoms with E-state index in [2.05, 4.69) is 19.9 Å². The minimum atomic E-state index is 0.0342. The summed E-state index contributed by atoms with van der Waals surface area (Å²) in [5.41, 5.74) is 6.74. The van der Waals surface area contributed by atoms with E-state index >= 15 is 0 Å². The molecular weight excluding hydrogens is 346 g/mol. The van der Waals surface area contributed by atoms with Crippen molar-refractivity contribution in [2.45, 2.75) is 85.0 Å². The molecular formula is C24H33N3O. The summed E-state index contributed by atoms with van der Waals surface area (Å²) in [6.45, 7) is 10.3. The maximum absolute atomic E-state index is 13.0. The van der Waals surface area contributed by atoms with Gasteiger partial charge in [0.15, 0.2) is 0 Å². The van der Waals surface area contributed by atoms with Crippen molar-refractivity contribution in [1.29, 1.82) is 5.41 Å². The third-order valence-corrected chi connectivity index (χ3v) is 6.05. The van der Waals surface area contributed by atoms with E-state index in [4.69, 9.17) is 10.4 Å². The van der Waals surface area contributed by atoms with Crippen molar-refractivity contribution in [1.82, 2.24) is 9.38 Å². The van der Waals surface area contributed by atoms with Gasteiger partial charge in [-0.2, -0.15) is 0 Å². The Bertz CT molecular complexity index is 977. The Balaban J connectivity index is 2.29. The number of hydrogen-bond donors (Lipinski definition) is 1. The summed E-state index contributed by atoms with van der Waals surface area (Å²) in [7, 11) is 0. The number of nitrogens with one attached hydrogen (secondary N) is 1. The van der Waals surface area contributed by atoms with Gasteiger partial charge in [-0.05, 0) is 63.0 Å². The largest absolute Gasteiger partial charge is 0.305 e. The summed E-state index contributed by atoms with van der Waals surface area (Å²) in [5, 5.41) is 8.46. The van der Waals surface area contributed by atoms with Crippen molar-refractivity contribution in [3.8, 4) is 0 Å². The number of unbranched alkanes of at least 4 members (excludes halogenated alkanes) is 1. The van der Waals surface area contributed by atoms with Gasteiger partial charge >= 0.3 is 0 Å². The zero-order valence-corrected chi connectivity index (χ0v) is 17.9. The van der Waals surface area contributed by atoms with Crippen LogP contribution in [-0.2, 0) is 0 Å². The van der Waals surface area contributed by atoms with E-state index in [1.54, 1.807) is 10.6 Å². The number of nitrogens with zero attached hydrogens (tertiary/aromatic N) is 2. The molecule has 1 aliphatic rings. The Hall–Kier alpha value is -2.23. The molecule has 3 rings (SSSR count). The smallest absolute Gasteiger partial charge is 0.261 e. The zero-order valence-electron chi connectivity index (χ0n) is 17.9. The number of fused-ring (bicyclic) bond motifs is 1. The Morgan fingerprint density at radius 1 is 1.32 bits per heavy atom. The average Bonchev–Trinajstić information content (AvgIpc) is 2.59. The Morgan fingerprint density at radius 3 is 2.57 bits per heavy atom. The second kappa shape index (κ2) is 8.42. The van der Waals surface area contributed by atoms with E-state index in [1.807, 2.05) is 27.0 Å². The van der Waals surface area contributed by atoms with Crippen molar-refractivity contribution < 1.29 is 0 Å². The standard InChI is InChI=1S/C24H33N3O/c1-6-7-9-16(4)21(17(5)25)19-12-13-27-23(22(19)18-10-8-11-18)26-14-20(15(2)3)24(27)28/h12-15,18,25H,6-11H2,1-5H3/b21-16+,25-17?. The van der Waals surface area contributed by atoms with Crippen LogP contribution in [0.15, 0.2) is 28.8 Å². The first kappa shape index (κ1) is 20.5. The topological polar surface area (TPSA) is 58.2 Å². The normalized spacial score (nSPS) is 15.6. The van der Waals surface area contributed by atoms with Gasteiger partial charge in [-0.1, -0.05) is 39.2 Å². The SMILES string of the molecule is CCCC/C(C)=C(\C(C)=N)c1ccn2c(=O)c(C(C)C)cnc2c1C1CCC1. The van der Waals surface area contributed by atoms with Gasteiger partial charge in [0, 0.05) is 34.8 Å². The number of rotatable bonds is 7. The lowest BCUT2D eigenvalue weighted by atomic mass is 9.76. The van der Waals surface area contributed by atoms with Crippen molar-refractivity contribution in [2.75, 3.05) is 0 Å². The minimum absolute atomic E-state index is 0.0342. The van der Waals surface area contributed by atoms with E-state index in [0.29, 0.717) is 11.6 Å². The van der Waals surface area contributed by atoms with Crippen LogP contribution in [0.3, 0.4) is 0 Å². The lowest BCUT2D eigenvalue weighted by Crippen LogP contribution is -2.24. The fourth-order valence-electron chi connectivity index (χ4n) is 4.21. The van der Waals surface area contributed by atoms with Gasteiger partial charge in [0.1, 0.15) is 5.65 Å². The first-order valence-electron chi connectivity index (χ1n) is 10.7. The summed E-state index contributed by atoms with van der Waals surface area (Å²) in [6.07, 6.45) is 10.4. The van der Waals surface area contributed by atoms with Crippen LogP contribution in [-0.4, -0.2) is 15.1 Å². The molecule has 0 atom stereocenters. The van der Waals surface area contributed by atoms with Crippen LogP contribution in [0.25, 0.3) is 11.2 Å². The molecule has 1 fully saturated rings. The molecule has 0 bridgehead atoms. The summed E-state index contributed by atoms with van der Waals surface area (Å²) in [6, 6.07) is 2.05. The lowest BCUT2D eigenvalue weighted by Gasteiger charge is -2.30. The fourth-order valence-corrected chi connectivity index (χ4v) is 4.21. The Morgan fingerprint density at radius 2 is 2.04 bits per heavy atom. The predicted molar refractivity (Wildman–Crippen MR) is 118 cm³/mol. The summed E-state index contributed by atoms with van der Waals surface area (Å²) in [4.78, 5) is 17.8. The van der Waals surface area contributed by atoms with Crippen molar-refractivity contribution in [2.24, 2.45) is 0 Å². The second-order valence-corrected chi connectivity index (χ2v) is 8.52. The number of hydrogen-bond acceptors (Lipinski definition) is 3. The predicted octanol–water partition coefficient (Wildman–Crippen LogP) is 6.09. The zero-order chi connectivity index (χ0) is 20.4. The van der Waals surface area contributed by atoms with Crippen LogP contribution in [0.2, 0.25) is 0 Å². The van der Waals surface area contributed by atoms with Crippen molar-refractivity contribution >= 4 is 16.9 Å². The molecule has 2 aromatic rings. The second-order valence-electron chi connectivity index (χ2n) is 8.52. The molecule has 0 aromatic carbocycles. The highest BCUT2D eigenvalue weighted by molar-refractivity contribution is 6.22. The molecule has 0 spiro atoms. The highest BCUT2D eigenvalue weighted by atomic mass is 16.1. The van der Waals surface area contributed by atoms with E-state index < -0.39 is 0 Å². The van der Waals surface area contributed by atoms with Gasteiger partial charge < -0.3 is 5.41 Å².